The molecular formula is C9H7F2NO. The van der Waals surface area contributed by atoms with Crippen LogP contribution in [-0.2, 0) is 0 Å². The summed E-state index contributed by atoms with van der Waals surface area (Å²) in [4.78, 5) is 0. The lowest BCUT2D eigenvalue weighted by molar-refractivity contribution is 0.151. The second kappa shape index (κ2) is 3.85. The molecule has 2 nitrogen and oxygen atoms in total. The van der Waals surface area contributed by atoms with Gasteiger partial charge in [-0.15, -0.1) is 0 Å². The average molecular weight is 183 g/mol. The predicted molar refractivity (Wildman–Crippen MR) is 42.7 cm³/mol. The Morgan fingerprint density at radius 2 is 2.15 bits per heavy atom. The number of nitriles is 1. The normalized spacial score (nSPS) is 9.77. The van der Waals surface area contributed by atoms with Gasteiger partial charge in [-0.1, -0.05) is 6.07 Å². The molecule has 0 heterocycles. The third kappa shape index (κ3) is 1.94. The first-order chi connectivity index (χ1) is 6.19. The Morgan fingerprint density at radius 1 is 1.46 bits per heavy atom. The van der Waals surface area contributed by atoms with Gasteiger partial charge < -0.3 is 4.74 Å². The van der Waals surface area contributed by atoms with E-state index >= 15 is 0 Å². The highest BCUT2D eigenvalue weighted by atomic mass is 19.3. The van der Waals surface area contributed by atoms with Gasteiger partial charge in [0.2, 0.25) is 0 Å². The van der Waals surface area contributed by atoms with Gasteiger partial charge in [-0.25, -0.2) is 8.78 Å². The first kappa shape index (κ1) is 9.46. The van der Waals surface area contributed by atoms with Crippen molar-refractivity contribution in [1.29, 1.82) is 5.26 Å². The maximum atomic E-state index is 12.2. The van der Waals surface area contributed by atoms with Crippen molar-refractivity contribution in [3.63, 3.8) is 0 Å². The Bertz CT molecular complexity index is 344. The summed E-state index contributed by atoms with van der Waals surface area (Å²) in [7, 11) is 1.34. The number of ether oxygens (including phenoxy) is 1. The molecule has 0 saturated carbocycles. The van der Waals surface area contributed by atoms with Crippen LogP contribution < -0.4 is 4.74 Å². The van der Waals surface area contributed by atoms with Crippen LogP contribution in [0, 0.1) is 11.3 Å². The van der Waals surface area contributed by atoms with Crippen molar-refractivity contribution in [1.82, 2.24) is 0 Å². The van der Waals surface area contributed by atoms with E-state index in [1.807, 2.05) is 6.07 Å². The van der Waals surface area contributed by atoms with Crippen LogP contribution in [0.1, 0.15) is 17.6 Å². The van der Waals surface area contributed by atoms with Crippen LogP contribution in [0.2, 0.25) is 0 Å². The summed E-state index contributed by atoms with van der Waals surface area (Å²) in [6.07, 6.45) is -2.54. The molecule has 0 atom stereocenters. The first-order valence-corrected chi connectivity index (χ1v) is 3.55. The zero-order valence-electron chi connectivity index (χ0n) is 6.92. The SMILES string of the molecule is COc1cc(C(F)F)ccc1C#N. The number of hydrogen-bond acceptors (Lipinski definition) is 2. The minimum Gasteiger partial charge on any atom is -0.495 e. The molecule has 0 aromatic heterocycles. The number of nitrogens with zero attached hydrogens (tertiary/aromatic N) is 1. The van der Waals surface area contributed by atoms with Crippen LogP contribution in [0.15, 0.2) is 18.2 Å². The molecule has 4 heteroatoms. The lowest BCUT2D eigenvalue weighted by atomic mass is 10.1. The summed E-state index contributed by atoms with van der Waals surface area (Å²) < 4.78 is 29.1. The number of hydrogen-bond donors (Lipinski definition) is 0. The highest BCUT2D eigenvalue weighted by Gasteiger charge is 2.10. The van der Waals surface area contributed by atoms with Gasteiger partial charge in [-0.3, -0.25) is 0 Å². The van der Waals surface area contributed by atoms with E-state index in [0.717, 1.165) is 0 Å². The fraction of sp³-hybridized carbons (Fsp3) is 0.222. The molecule has 0 fully saturated rings. The molecule has 68 valence electrons. The van der Waals surface area contributed by atoms with Crippen LogP contribution >= 0.6 is 0 Å². The van der Waals surface area contributed by atoms with E-state index in [-0.39, 0.29) is 16.9 Å². The lowest BCUT2D eigenvalue weighted by Gasteiger charge is -2.04. The Hall–Kier alpha value is -1.63. The van der Waals surface area contributed by atoms with E-state index in [9.17, 15) is 8.78 Å². The summed E-state index contributed by atoms with van der Waals surface area (Å²) in [6.45, 7) is 0. The van der Waals surface area contributed by atoms with Crippen LogP contribution in [-0.4, -0.2) is 7.11 Å². The molecule has 13 heavy (non-hydrogen) atoms. The van der Waals surface area contributed by atoms with Crippen LogP contribution in [0.4, 0.5) is 8.78 Å². The molecule has 0 aliphatic rings. The maximum Gasteiger partial charge on any atom is 0.263 e. The van der Waals surface area contributed by atoms with Gasteiger partial charge in [0.05, 0.1) is 12.7 Å². The highest BCUT2D eigenvalue weighted by Crippen LogP contribution is 2.25. The van der Waals surface area contributed by atoms with Crippen molar-refractivity contribution in [3.8, 4) is 11.8 Å². The summed E-state index contributed by atoms with van der Waals surface area (Å²) in [5.41, 5.74) is 0.114. The Kier molecular flexibility index (Phi) is 2.80. The first-order valence-electron chi connectivity index (χ1n) is 3.55. The van der Waals surface area contributed by atoms with Crippen molar-refractivity contribution in [2.24, 2.45) is 0 Å². The van der Waals surface area contributed by atoms with E-state index in [1.165, 1.54) is 25.3 Å². The third-order valence-electron chi connectivity index (χ3n) is 1.60. The van der Waals surface area contributed by atoms with Crippen LogP contribution in [0.25, 0.3) is 0 Å². The summed E-state index contributed by atoms with van der Waals surface area (Å²) in [6, 6.07) is 5.55. The van der Waals surface area contributed by atoms with Gasteiger partial charge in [0.1, 0.15) is 11.8 Å². The van der Waals surface area contributed by atoms with E-state index in [2.05, 4.69) is 0 Å². The van der Waals surface area contributed by atoms with Crippen LogP contribution in [0.5, 0.6) is 5.75 Å². The topological polar surface area (TPSA) is 33.0 Å². The predicted octanol–water partition coefficient (Wildman–Crippen LogP) is 2.50. The fourth-order valence-corrected chi connectivity index (χ4v) is 0.936. The lowest BCUT2D eigenvalue weighted by Crippen LogP contribution is -1.91. The zero-order valence-corrected chi connectivity index (χ0v) is 6.92. The van der Waals surface area contributed by atoms with Gasteiger partial charge in [0.25, 0.3) is 6.43 Å². The van der Waals surface area contributed by atoms with Crippen molar-refractivity contribution in [3.05, 3.63) is 29.3 Å². The number of halogens is 2. The van der Waals surface area contributed by atoms with Crippen molar-refractivity contribution in [2.75, 3.05) is 7.11 Å². The fourth-order valence-electron chi connectivity index (χ4n) is 0.936. The summed E-state index contributed by atoms with van der Waals surface area (Å²) in [5.74, 6) is 0.181. The molecular weight excluding hydrogens is 176 g/mol. The number of rotatable bonds is 2. The molecule has 0 radical (unpaired) electrons. The third-order valence-corrected chi connectivity index (χ3v) is 1.60. The van der Waals surface area contributed by atoms with Gasteiger partial charge in [-0.2, -0.15) is 5.26 Å². The molecule has 0 saturated heterocycles. The van der Waals surface area contributed by atoms with E-state index in [1.54, 1.807) is 0 Å². The largest absolute Gasteiger partial charge is 0.495 e. The van der Waals surface area contributed by atoms with Crippen molar-refractivity contribution >= 4 is 0 Å². The Labute approximate surface area is 74.4 Å². The van der Waals surface area contributed by atoms with Crippen molar-refractivity contribution in [2.45, 2.75) is 6.43 Å². The Balaban J connectivity index is 3.15. The van der Waals surface area contributed by atoms with Crippen molar-refractivity contribution < 1.29 is 13.5 Å². The molecule has 1 aromatic carbocycles. The van der Waals surface area contributed by atoms with Gasteiger partial charge in [0.15, 0.2) is 0 Å². The molecule has 0 spiro atoms. The van der Waals surface area contributed by atoms with Gasteiger partial charge >= 0.3 is 0 Å². The average Bonchev–Trinajstić information content (AvgIpc) is 2.16. The molecule has 0 bridgehead atoms. The monoisotopic (exact) mass is 183 g/mol. The molecule has 0 N–H and O–H groups in total. The smallest absolute Gasteiger partial charge is 0.263 e. The standard InChI is InChI=1S/C9H7F2NO/c1-13-8-4-6(9(10)11)2-3-7(8)5-12/h2-4,9H,1H3. The molecule has 0 unspecified atom stereocenters. The Morgan fingerprint density at radius 3 is 2.62 bits per heavy atom. The molecule has 0 aliphatic heterocycles. The van der Waals surface area contributed by atoms with E-state index < -0.39 is 6.43 Å². The van der Waals surface area contributed by atoms with Crippen LogP contribution in [0.3, 0.4) is 0 Å². The molecule has 0 aliphatic carbocycles. The minimum atomic E-state index is -2.54. The quantitative estimate of drug-likeness (QED) is 0.705. The number of benzene rings is 1. The highest BCUT2D eigenvalue weighted by molar-refractivity contribution is 5.45. The molecule has 0 amide bonds. The summed E-state index contributed by atoms with van der Waals surface area (Å²) >= 11 is 0. The summed E-state index contributed by atoms with van der Waals surface area (Å²) in [5, 5.41) is 8.56. The minimum absolute atomic E-state index is 0.143. The van der Waals surface area contributed by atoms with Gasteiger partial charge in [0, 0.05) is 5.56 Å². The molecule has 1 rings (SSSR count). The number of methoxy groups -OCH3 is 1. The van der Waals surface area contributed by atoms with E-state index in [0.29, 0.717) is 0 Å². The second-order valence-corrected chi connectivity index (χ2v) is 2.37. The molecule has 1 aromatic rings. The number of alkyl halides is 2. The zero-order chi connectivity index (χ0) is 9.84. The second-order valence-electron chi connectivity index (χ2n) is 2.37. The maximum absolute atomic E-state index is 12.2. The van der Waals surface area contributed by atoms with Gasteiger partial charge in [-0.05, 0) is 12.1 Å². The van der Waals surface area contributed by atoms with E-state index in [4.69, 9.17) is 10.00 Å².